The summed E-state index contributed by atoms with van der Waals surface area (Å²) in [5, 5.41) is 14.1. The highest BCUT2D eigenvalue weighted by Gasteiger charge is 2.39. The van der Waals surface area contributed by atoms with Crippen molar-refractivity contribution >= 4 is 23.1 Å². The summed E-state index contributed by atoms with van der Waals surface area (Å²) in [5.74, 6) is 1.70. The number of carbonyl (C=O) groups excluding carboxylic acids is 1. The van der Waals surface area contributed by atoms with Crippen molar-refractivity contribution in [1.82, 2.24) is 9.88 Å². The van der Waals surface area contributed by atoms with Crippen molar-refractivity contribution in [3.05, 3.63) is 44.8 Å². The fourth-order valence-electron chi connectivity index (χ4n) is 5.20. The van der Waals surface area contributed by atoms with Crippen LogP contribution in [0.1, 0.15) is 79.2 Å². The van der Waals surface area contributed by atoms with E-state index in [2.05, 4.69) is 38.7 Å². The van der Waals surface area contributed by atoms with E-state index in [0.717, 1.165) is 47.5 Å². The topological polar surface area (TPSA) is 69.5 Å². The van der Waals surface area contributed by atoms with Crippen LogP contribution in [0.2, 0.25) is 0 Å². The number of aromatic nitrogens is 1. The largest absolute Gasteiger partial charge is 0.370 e. The van der Waals surface area contributed by atoms with E-state index in [1.807, 2.05) is 21.7 Å². The first-order valence-electron chi connectivity index (χ1n) is 12.0. The van der Waals surface area contributed by atoms with Gasteiger partial charge in [0.25, 0.3) is 5.91 Å². The summed E-state index contributed by atoms with van der Waals surface area (Å²) in [6.07, 6.45) is 3.04. The van der Waals surface area contributed by atoms with Gasteiger partial charge in [-0.1, -0.05) is 13.8 Å². The van der Waals surface area contributed by atoms with Crippen LogP contribution < -0.4 is 4.90 Å². The van der Waals surface area contributed by atoms with Gasteiger partial charge < -0.3 is 14.5 Å². The van der Waals surface area contributed by atoms with Gasteiger partial charge in [0.05, 0.1) is 35.1 Å². The van der Waals surface area contributed by atoms with E-state index in [1.54, 1.807) is 11.3 Å². The maximum atomic E-state index is 13.2. The zero-order chi connectivity index (χ0) is 23.3. The fourth-order valence-corrected chi connectivity index (χ4v) is 5.83. The van der Waals surface area contributed by atoms with E-state index in [9.17, 15) is 10.1 Å². The summed E-state index contributed by atoms with van der Waals surface area (Å²) in [6.45, 7) is 11.1. The molecule has 0 aromatic carbocycles. The van der Waals surface area contributed by atoms with Gasteiger partial charge in [-0.25, -0.2) is 4.98 Å². The molecule has 0 radical (unpaired) electrons. The molecule has 3 aliphatic rings. The number of amides is 1. The first-order valence-corrected chi connectivity index (χ1v) is 12.9. The number of ether oxygens (including phenoxy) is 1. The summed E-state index contributed by atoms with van der Waals surface area (Å²) < 4.78 is 6.11. The maximum Gasteiger partial charge on any atom is 0.255 e. The summed E-state index contributed by atoms with van der Waals surface area (Å²) in [7, 11) is 0. The SMILES string of the molecule is CC(C)C1CN(c2nc(C3CC3)c3c(c2C#N)CC(C)(C)OC3)CCN1C(=O)c1ccsc1. The molecule has 7 heteroatoms. The first kappa shape index (κ1) is 22.4. The quantitative estimate of drug-likeness (QED) is 0.654. The van der Waals surface area contributed by atoms with Gasteiger partial charge in [-0.3, -0.25) is 4.79 Å². The Kier molecular flexibility index (Phi) is 5.70. The molecular formula is C26H32N4O2S. The van der Waals surface area contributed by atoms with Crippen LogP contribution in [-0.4, -0.2) is 47.1 Å². The van der Waals surface area contributed by atoms with Crippen LogP contribution in [0.15, 0.2) is 16.8 Å². The Morgan fingerprint density at radius 2 is 2.09 bits per heavy atom. The van der Waals surface area contributed by atoms with Crippen molar-refractivity contribution in [3.8, 4) is 6.07 Å². The van der Waals surface area contributed by atoms with E-state index < -0.39 is 0 Å². The molecule has 1 saturated carbocycles. The number of fused-ring (bicyclic) bond motifs is 1. The Labute approximate surface area is 200 Å². The van der Waals surface area contributed by atoms with Crippen molar-refractivity contribution in [2.24, 2.45) is 5.92 Å². The standard InChI is InChI=1S/C26H32N4O2S/c1-16(2)22-13-29(8-9-30(22)25(31)18-7-10-33-15-18)24-20(12-27)19-11-26(3,4)32-14-21(19)23(28-24)17-5-6-17/h7,10,15-17,22H,5-6,8-9,11,13-14H2,1-4H3. The second-order valence-electron chi connectivity index (χ2n) is 10.5. The van der Waals surface area contributed by atoms with Crippen LogP contribution in [-0.2, 0) is 17.8 Å². The predicted molar refractivity (Wildman–Crippen MR) is 130 cm³/mol. The summed E-state index contributed by atoms with van der Waals surface area (Å²) in [6, 6.07) is 4.48. The number of hydrogen-bond donors (Lipinski definition) is 0. The molecule has 4 heterocycles. The Balaban J connectivity index is 1.51. The van der Waals surface area contributed by atoms with Crippen LogP contribution in [0.5, 0.6) is 0 Å². The van der Waals surface area contributed by atoms with Gasteiger partial charge >= 0.3 is 0 Å². The Bertz CT molecular complexity index is 1100. The number of carbonyl (C=O) groups is 1. The van der Waals surface area contributed by atoms with Crippen molar-refractivity contribution in [2.75, 3.05) is 24.5 Å². The monoisotopic (exact) mass is 464 g/mol. The average Bonchev–Trinajstić information content (AvgIpc) is 3.49. The number of nitrogens with zero attached hydrogens (tertiary/aromatic N) is 4. The Morgan fingerprint density at radius 1 is 1.30 bits per heavy atom. The molecule has 1 unspecified atom stereocenters. The number of rotatable bonds is 4. The number of pyridine rings is 1. The number of nitriles is 1. The number of hydrogen-bond acceptors (Lipinski definition) is 6. The number of thiophene rings is 1. The third-order valence-electron chi connectivity index (χ3n) is 7.23. The van der Waals surface area contributed by atoms with Gasteiger partial charge in [-0.2, -0.15) is 16.6 Å². The second-order valence-corrected chi connectivity index (χ2v) is 11.3. The molecule has 1 amide bonds. The smallest absolute Gasteiger partial charge is 0.255 e. The van der Waals surface area contributed by atoms with Crippen LogP contribution in [0.4, 0.5) is 5.82 Å². The maximum absolute atomic E-state index is 13.2. The molecular weight excluding hydrogens is 432 g/mol. The van der Waals surface area contributed by atoms with Crippen molar-refractivity contribution in [1.29, 1.82) is 5.26 Å². The molecule has 1 aliphatic carbocycles. The summed E-state index contributed by atoms with van der Waals surface area (Å²) in [5.41, 5.74) is 4.58. The van der Waals surface area contributed by atoms with Gasteiger partial charge in [0.15, 0.2) is 0 Å². The fraction of sp³-hybridized carbons (Fsp3) is 0.577. The molecule has 5 rings (SSSR count). The summed E-state index contributed by atoms with van der Waals surface area (Å²) in [4.78, 5) is 22.6. The van der Waals surface area contributed by atoms with Gasteiger partial charge in [0, 0.05) is 42.9 Å². The molecule has 174 valence electrons. The molecule has 2 fully saturated rings. The molecule has 2 aromatic rings. The van der Waals surface area contributed by atoms with Crippen LogP contribution in [0, 0.1) is 17.2 Å². The number of piperazine rings is 1. The van der Waals surface area contributed by atoms with Crippen molar-refractivity contribution in [3.63, 3.8) is 0 Å². The van der Waals surface area contributed by atoms with E-state index in [-0.39, 0.29) is 17.6 Å². The van der Waals surface area contributed by atoms with Crippen molar-refractivity contribution < 1.29 is 9.53 Å². The molecule has 0 bridgehead atoms. The minimum atomic E-state index is -0.288. The highest BCUT2D eigenvalue weighted by atomic mass is 32.1. The minimum Gasteiger partial charge on any atom is -0.370 e. The molecule has 1 atom stereocenters. The lowest BCUT2D eigenvalue weighted by Crippen LogP contribution is -2.57. The first-order chi connectivity index (χ1) is 15.8. The van der Waals surface area contributed by atoms with Crippen LogP contribution >= 0.6 is 11.3 Å². The van der Waals surface area contributed by atoms with Gasteiger partial charge in [0.1, 0.15) is 11.9 Å². The van der Waals surface area contributed by atoms with Crippen molar-refractivity contribution in [2.45, 2.75) is 71.1 Å². The van der Waals surface area contributed by atoms with E-state index in [1.165, 1.54) is 0 Å². The predicted octanol–water partition coefficient (Wildman–Crippen LogP) is 4.73. The highest BCUT2D eigenvalue weighted by molar-refractivity contribution is 7.08. The average molecular weight is 465 g/mol. The Hall–Kier alpha value is -2.43. The zero-order valence-corrected chi connectivity index (χ0v) is 20.7. The molecule has 6 nitrogen and oxygen atoms in total. The van der Waals surface area contributed by atoms with E-state index in [0.29, 0.717) is 43.6 Å². The molecule has 1 saturated heterocycles. The molecule has 33 heavy (non-hydrogen) atoms. The van der Waals surface area contributed by atoms with Gasteiger partial charge in [-0.15, -0.1) is 0 Å². The third kappa shape index (κ3) is 4.15. The molecule has 0 N–H and O–H groups in total. The lowest BCUT2D eigenvalue weighted by molar-refractivity contribution is -0.0407. The molecule has 2 aromatic heterocycles. The molecule has 0 spiro atoms. The Morgan fingerprint density at radius 3 is 2.73 bits per heavy atom. The summed E-state index contributed by atoms with van der Waals surface area (Å²) >= 11 is 1.55. The lowest BCUT2D eigenvalue weighted by atomic mass is 9.87. The van der Waals surface area contributed by atoms with E-state index in [4.69, 9.17) is 9.72 Å². The zero-order valence-electron chi connectivity index (χ0n) is 19.9. The van der Waals surface area contributed by atoms with E-state index >= 15 is 0 Å². The van der Waals surface area contributed by atoms with Gasteiger partial charge in [-0.05, 0) is 49.6 Å². The third-order valence-corrected chi connectivity index (χ3v) is 7.91. The van der Waals surface area contributed by atoms with Gasteiger partial charge in [0.2, 0.25) is 0 Å². The molecule has 2 aliphatic heterocycles. The lowest BCUT2D eigenvalue weighted by Gasteiger charge is -2.44. The second kappa shape index (κ2) is 8.41. The number of anilines is 1. The highest BCUT2D eigenvalue weighted by Crippen LogP contribution is 2.46. The van der Waals surface area contributed by atoms with Crippen LogP contribution in [0.25, 0.3) is 0 Å². The van der Waals surface area contributed by atoms with Crippen LogP contribution in [0.3, 0.4) is 0 Å². The minimum absolute atomic E-state index is 0.0691. The normalized spacial score (nSPS) is 22.2.